The second-order valence-corrected chi connectivity index (χ2v) is 5.85. The molecule has 0 atom stereocenters. The average molecular weight is 301 g/mol. The third-order valence-corrected chi connectivity index (χ3v) is 4.28. The molecule has 1 saturated heterocycles. The van der Waals surface area contributed by atoms with Crippen molar-refractivity contribution in [1.82, 2.24) is 25.1 Å². The standard InChI is InChI=1S/C16H23N5O/c1-22-9-8-21-6-3-13(4-7-21)10-14-11-17-12-16(19-14)15-2-5-18-20-15/h2,5,11-13H,3-4,6-10H2,1H3,(H,18,20). The molecule has 0 aromatic carbocycles. The van der Waals surface area contributed by atoms with Crippen molar-refractivity contribution in [2.75, 3.05) is 33.4 Å². The number of rotatable bonds is 6. The van der Waals surface area contributed by atoms with E-state index in [4.69, 9.17) is 9.72 Å². The Morgan fingerprint density at radius 3 is 2.91 bits per heavy atom. The van der Waals surface area contributed by atoms with Gasteiger partial charge in [-0.25, -0.2) is 4.98 Å². The zero-order valence-electron chi connectivity index (χ0n) is 13.0. The van der Waals surface area contributed by atoms with Crippen LogP contribution in [0.15, 0.2) is 24.7 Å². The Morgan fingerprint density at radius 1 is 1.32 bits per heavy atom. The van der Waals surface area contributed by atoms with Gasteiger partial charge in [-0.3, -0.25) is 10.1 Å². The topological polar surface area (TPSA) is 66.9 Å². The molecule has 1 aliphatic heterocycles. The molecule has 118 valence electrons. The molecule has 2 aromatic rings. The number of aromatic nitrogens is 4. The number of nitrogens with zero attached hydrogens (tertiary/aromatic N) is 4. The average Bonchev–Trinajstić information content (AvgIpc) is 3.09. The van der Waals surface area contributed by atoms with Crippen LogP contribution < -0.4 is 0 Å². The van der Waals surface area contributed by atoms with Gasteiger partial charge < -0.3 is 9.64 Å². The van der Waals surface area contributed by atoms with Gasteiger partial charge >= 0.3 is 0 Å². The van der Waals surface area contributed by atoms with E-state index in [1.165, 1.54) is 12.8 Å². The van der Waals surface area contributed by atoms with Crippen LogP contribution in [0.25, 0.3) is 11.4 Å². The van der Waals surface area contributed by atoms with Gasteiger partial charge in [0.2, 0.25) is 0 Å². The molecular weight excluding hydrogens is 278 g/mol. The van der Waals surface area contributed by atoms with Gasteiger partial charge in [-0.1, -0.05) is 0 Å². The number of likely N-dealkylation sites (tertiary alicyclic amines) is 1. The van der Waals surface area contributed by atoms with Crippen LogP contribution in [0.4, 0.5) is 0 Å². The molecule has 0 saturated carbocycles. The Labute approximate surface area is 130 Å². The first-order valence-corrected chi connectivity index (χ1v) is 7.87. The molecule has 0 radical (unpaired) electrons. The molecule has 0 aliphatic carbocycles. The smallest absolute Gasteiger partial charge is 0.107 e. The molecule has 3 rings (SSSR count). The molecule has 0 amide bonds. The third-order valence-electron chi connectivity index (χ3n) is 4.28. The van der Waals surface area contributed by atoms with Crippen LogP contribution in [-0.2, 0) is 11.2 Å². The summed E-state index contributed by atoms with van der Waals surface area (Å²) in [5.41, 5.74) is 2.86. The quantitative estimate of drug-likeness (QED) is 0.881. The summed E-state index contributed by atoms with van der Waals surface area (Å²) < 4.78 is 5.15. The lowest BCUT2D eigenvalue weighted by molar-refractivity contribution is 0.120. The molecule has 0 bridgehead atoms. The molecule has 1 aliphatic rings. The number of methoxy groups -OCH3 is 1. The fourth-order valence-electron chi connectivity index (χ4n) is 2.96. The highest BCUT2D eigenvalue weighted by atomic mass is 16.5. The summed E-state index contributed by atoms with van der Waals surface area (Å²) in [6.07, 6.45) is 8.85. The van der Waals surface area contributed by atoms with Gasteiger partial charge in [0.05, 0.1) is 24.2 Å². The van der Waals surface area contributed by atoms with E-state index in [-0.39, 0.29) is 0 Å². The van der Waals surface area contributed by atoms with Crippen LogP contribution in [0, 0.1) is 5.92 Å². The second-order valence-electron chi connectivity index (χ2n) is 5.85. The Balaban J connectivity index is 1.55. The highest BCUT2D eigenvalue weighted by Gasteiger charge is 2.19. The molecule has 3 heterocycles. The lowest BCUT2D eigenvalue weighted by Crippen LogP contribution is -2.36. The van der Waals surface area contributed by atoms with Gasteiger partial charge in [-0.05, 0) is 44.3 Å². The zero-order chi connectivity index (χ0) is 15.2. The first kappa shape index (κ1) is 15.1. The van der Waals surface area contributed by atoms with Gasteiger partial charge in [0, 0.05) is 26.0 Å². The van der Waals surface area contributed by atoms with E-state index in [1.54, 1.807) is 19.5 Å². The minimum absolute atomic E-state index is 0.699. The predicted molar refractivity (Wildman–Crippen MR) is 84.4 cm³/mol. The second kappa shape index (κ2) is 7.47. The zero-order valence-corrected chi connectivity index (χ0v) is 13.0. The maximum absolute atomic E-state index is 5.15. The van der Waals surface area contributed by atoms with Crippen LogP contribution in [0.3, 0.4) is 0 Å². The summed E-state index contributed by atoms with van der Waals surface area (Å²) in [5, 5.41) is 6.91. The van der Waals surface area contributed by atoms with E-state index in [1.807, 2.05) is 12.3 Å². The summed E-state index contributed by atoms with van der Waals surface area (Å²) >= 11 is 0. The number of ether oxygens (including phenoxy) is 1. The first-order chi connectivity index (χ1) is 10.8. The summed E-state index contributed by atoms with van der Waals surface area (Å²) in [6, 6.07) is 1.92. The number of piperidine rings is 1. The van der Waals surface area contributed by atoms with Crippen LogP contribution >= 0.6 is 0 Å². The molecule has 1 fully saturated rings. The molecule has 22 heavy (non-hydrogen) atoms. The van der Waals surface area contributed by atoms with E-state index in [0.717, 1.165) is 49.7 Å². The lowest BCUT2D eigenvalue weighted by Gasteiger charge is -2.31. The number of hydrogen-bond acceptors (Lipinski definition) is 5. The number of hydrogen-bond donors (Lipinski definition) is 1. The van der Waals surface area contributed by atoms with Crippen LogP contribution in [-0.4, -0.2) is 58.4 Å². The van der Waals surface area contributed by atoms with Crippen LogP contribution in [0.5, 0.6) is 0 Å². The number of H-pyrrole nitrogens is 1. The predicted octanol–water partition coefficient (Wildman–Crippen LogP) is 1.77. The largest absolute Gasteiger partial charge is 0.383 e. The molecule has 0 spiro atoms. The minimum Gasteiger partial charge on any atom is -0.383 e. The molecular formula is C16H23N5O. The molecule has 1 N–H and O–H groups in total. The van der Waals surface area contributed by atoms with E-state index in [0.29, 0.717) is 5.92 Å². The summed E-state index contributed by atoms with van der Waals surface area (Å²) in [4.78, 5) is 11.5. The van der Waals surface area contributed by atoms with Gasteiger partial charge in [0.25, 0.3) is 0 Å². The SMILES string of the molecule is COCCN1CCC(Cc2cncc(-c3ccn[nH]3)n2)CC1. The van der Waals surface area contributed by atoms with Crippen LogP contribution in [0.1, 0.15) is 18.5 Å². The van der Waals surface area contributed by atoms with Gasteiger partial charge in [0.1, 0.15) is 5.69 Å². The van der Waals surface area contributed by atoms with E-state index in [2.05, 4.69) is 20.1 Å². The lowest BCUT2D eigenvalue weighted by atomic mass is 9.92. The minimum atomic E-state index is 0.699. The van der Waals surface area contributed by atoms with E-state index < -0.39 is 0 Å². The molecule has 0 unspecified atom stereocenters. The Hall–Kier alpha value is -1.79. The van der Waals surface area contributed by atoms with Gasteiger partial charge in [0.15, 0.2) is 0 Å². The maximum atomic E-state index is 5.15. The fourth-order valence-corrected chi connectivity index (χ4v) is 2.96. The summed E-state index contributed by atoms with van der Waals surface area (Å²) in [5.74, 6) is 0.699. The third kappa shape index (κ3) is 3.90. The highest BCUT2D eigenvalue weighted by molar-refractivity contribution is 5.51. The van der Waals surface area contributed by atoms with Crippen molar-refractivity contribution < 1.29 is 4.74 Å². The van der Waals surface area contributed by atoms with Crippen molar-refractivity contribution in [3.05, 3.63) is 30.4 Å². The summed E-state index contributed by atoms with van der Waals surface area (Å²) in [6.45, 7) is 4.17. The Morgan fingerprint density at radius 2 is 2.18 bits per heavy atom. The van der Waals surface area contributed by atoms with E-state index >= 15 is 0 Å². The Bertz CT molecular complexity index is 564. The maximum Gasteiger partial charge on any atom is 0.107 e. The molecule has 6 heteroatoms. The number of aromatic amines is 1. The Kier molecular flexibility index (Phi) is 5.13. The van der Waals surface area contributed by atoms with Gasteiger partial charge in [-0.15, -0.1) is 0 Å². The van der Waals surface area contributed by atoms with Crippen LogP contribution in [0.2, 0.25) is 0 Å². The van der Waals surface area contributed by atoms with Crippen molar-refractivity contribution in [3.8, 4) is 11.4 Å². The van der Waals surface area contributed by atoms with Crippen molar-refractivity contribution >= 4 is 0 Å². The normalized spacial score (nSPS) is 17.0. The fraction of sp³-hybridized carbons (Fsp3) is 0.562. The van der Waals surface area contributed by atoms with Crippen molar-refractivity contribution in [1.29, 1.82) is 0 Å². The van der Waals surface area contributed by atoms with Crippen molar-refractivity contribution in [3.63, 3.8) is 0 Å². The van der Waals surface area contributed by atoms with E-state index in [9.17, 15) is 0 Å². The van der Waals surface area contributed by atoms with Crippen molar-refractivity contribution in [2.45, 2.75) is 19.3 Å². The number of nitrogens with one attached hydrogen (secondary N) is 1. The monoisotopic (exact) mass is 301 g/mol. The summed E-state index contributed by atoms with van der Waals surface area (Å²) in [7, 11) is 1.76. The molecule has 2 aromatic heterocycles. The van der Waals surface area contributed by atoms with Crippen molar-refractivity contribution in [2.24, 2.45) is 5.92 Å². The first-order valence-electron chi connectivity index (χ1n) is 7.87. The van der Waals surface area contributed by atoms with Gasteiger partial charge in [-0.2, -0.15) is 5.10 Å². The highest BCUT2D eigenvalue weighted by Crippen LogP contribution is 2.21. The molecule has 6 nitrogen and oxygen atoms in total.